The van der Waals surface area contributed by atoms with E-state index >= 15 is 0 Å². The fourth-order valence-electron chi connectivity index (χ4n) is 2.62. The van der Waals surface area contributed by atoms with Gasteiger partial charge in [0.25, 0.3) is 0 Å². The highest BCUT2D eigenvalue weighted by Crippen LogP contribution is 2.44. The molecular weight excluding hydrogens is 170 g/mol. The van der Waals surface area contributed by atoms with Crippen LogP contribution in [0, 0.1) is 5.92 Å². The molecule has 1 aliphatic carbocycles. The summed E-state index contributed by atoms with van der Waals surface area (Å²) in [4.78, 5) is 0. The Bertz CT molecular complexity index is 341. The molecule has 0 aromatic heterocycles. The SMILES string of the molecule is CC1CNC(C2CC2)c2ccccc21. The number of fused-ring (bicyclic) bond motifs is 1. The van der Waals surface area contributed by atoms with E-state index in [1.807, 2.05) is 0 Å². The van der Waals surface area contributed by atoms with Crippen LogP contribution < -0.4 is 5.32 Å². The van der Waals surface area contributed by atoms with Crippen LogP contribution in [0.1, 0.15) is 42.9 Å². The molecule has 2 unspecified atom stereocenters. The summed E-state index contributed by atoms with van der Waals surface area (Å²) in [6, 6.07) is 9.61. The molecule has 0 bridgehead atoms. The molecule has 1 aliphatic heterocycles. The average molecular weight is 187 g/mol. The third-order valence-corrected chi connectivity index (χ3v) is 3.60. The quantitative estimate of drug-likeness (QED) is 0.713. The smallest absolute Gasteiger partial charge is 0.0351 e. The van der Waals surface area contributed by atoms with Gasteiger partial charge in [0, 0.05) is 12.6 Å². The largest absolute Gasteiger partial charge is 0.309 e. The molecule has 1 heterocycles. The molecule has 0 saturated heterocycles. The monoisotopic (exact) mass is 187 g/mol. The molecule has 1 aromatic carbocycles. The van der Waals surface area contributed by atoms with Crippen LogP contribution in [0.2, 0.25) is 0 Å². The maximum Gasteiger partial charge on any atom is 0.0351 e. The van der Waals surface area contributed by atoms with Gasteiger partial charge in [0.2, 0.25) is 0 Å². The molecule has 1 aromatic rings. The fourth-order valence-corrected chi connectivity index (χ4v) is 2.62. The zero-order valence-corrected chi connectivity index (χ0v) is 8.66. The van der Waals surface area contributed by atoms with Crippen molar-refractivity contribution < 1.29 is 0 Å². The third kappa shape index (κ3) is 1.27. The van der Waals surface area contributed by atoms with E-state index in [0.717, 1.165) is 12.5 Å². The highest BCUT2D eigenvalue weighted by atomic mass is 14.9. The Balaban J connectivity index is 2.02. The van der Waals surface area contributed by atoms with Crippen molar-refractivity contribution in [1.29, 1.82) is 0 Å². The topological polar surface area (TPSA) is 12.0 Å². The highest BCUT2D eigenvalue weighted by molar-refractivity contribution is 5.36. The molecule has 1 N–H and O–H groups in total. The number of hydrogen-bond acceptors (Lipinski definition) is 1. The first-order valence-electron chi connectivity index (χ1n) is 5.68. The first kappa shape index (κ1) is 8.49. The second-order valence-corrected chi connectivity index (χ2v) is 4.75. The van der Waals surface area contributed by atoms with Crippen LogP contribution in [0.15, 0.2) is 24.3 Å². The van der Waals surface area contributed by atoms with Crippen LogP contribution in [0.25, 0.3) is 0 Å². The van der Waals surface area contributed by atoms with E-state index in [2.05, 4.69) is 36.5 Å². The lowest BCUT2D eigenvalue weighted by molar-refractivity contribution is 0.429. The van der Waals surface area contributed by atoms with Crippen LogP contribution >= 0.6 is 0 Å². The van der Waals surface area contributed by atoms with E-state index in [1.54, 1.807) is 11.1 Å². The van der Waals surface area contributed by atoms with E-state index in [-0.39, 0.29) is 0 Å². The zero-order chi connectivity index (χ0) is 9.54. The van der Waals surface area contributed by atoms with Gasteiger partial charge >= 0.3 is 0 Å². The molecule has 0 spiro atoms. The standard InChI is InChI=1S/C13H17N/c1-9-8-14-13(10-6-7-10)12-5-3-2-4-11(9)12/h2-5,9-10,13-14H,6-8H2,1H3. The van der Waals surface area contributed by atoms with Crippen molar-refractivity contribution in [3.63, 3.8) is 0 Å². The lowest BCUT2D eigenvalue weighted by atomic mass is 9.86. The van der Waals surface area contributed by atoms with Gasteiger partial charge in [-0.1, -0.05) is 31.2 Å². The molecule has 3 rings (SSSR count). The maximum absolute atomic E-state index is 3.69. The fraction of sp³-hybridized carbons (Fsp3) is 0.538. The van der Waals surface area contributed by atoms with E-state index in [9.17, 15) is 0 Å². The van der Waals surface area contributed by atoms with Crippen LogP contribution in [-0.4, -0.2) is 6.54 Å². The number of benzene rings is 1. The van der Waals surface area contributed by atoms with E-state index in [4.69, 9.17) is 0 Å². The van der Waals surface area contributed by atoms with Crippen LogP contribution in [0.3, 0.4) is 0 Å². The van der Waals surface area contributed by atoms with Crippen molar-refractivity contribution in [1.82, 2.24) is 5.32 Å². The lowest BCUT2D eigenvalue weighted by Gasteiger charge is -2.31. The van der Waals surface area contributed by atoms with E-state index < -0.39 is 0 Å². The lowest BCUT2D eigenvalue weighted by Crippen LogP contribution is -2.33. The summed E-state index contributed by atoms with van der Waals surface area (Å²) in [5.41, 5.74) is 3.14. The predicted molar refractivity (Wildman–Crippen MR) is 58.3 cm³/mol. The summed E-state index contributed by atoms with van der Waals surface area (Å²) in [7, 11) is 0. The van der Waals surface area contributed by atoms with Gasteiger partial charge in [-0.15, -0.1) is 0 Å². The Hall–Kier alpha value is -0.820. The van der Waals surface area contributed by atoms with Gasteiger partial charge < -0.3 is 5.32 Å². The maximum atomic E-state index is 3.69. The minimum atomic E-state index is 0.655. The first-order chi connectivity index (χ1) is 6.86. The van der Waals surface area contributed by atoms with Crippen molar-refractivity contribution in [3.8, 4) is 0 Å². The molecule has 1 heteroatoms. The molecule has 1 fully saturated rings. The summed E-state index contributed by atoms with van der Waals surface area (Å²) in [5, 5.41) is 3.69. The Morgan fingerprint density at radius 2 is 1.86 bits per heavy atom. The van der Waals surface area contributed by atoms with Gasteiger partial charge in [-0.3, -0.25) is 0 Å². The van der Waals surface area contributed by atoms with E-state index in [1.165, 1.54) is 12.8 Å². The van der Waals surface area contributed by atoms with Gasteiger partial charge in [-0.05, 0) is 35.8 Å². The summed E-state index contributed by atoms with van der Waals surface area (Å²) < 4.78 is 0. The molecule has 1 saturated carbocycles. The molecule has 2 atom stereocenters. The molecule has 74 valence electrons. The second kappa shape index (κ2) is 3.09. The minimum Gasteiger partial charge on any atom is -0.309 e. The molecular formula is C13H17N. The zero-order valence-electron chi connectivity index (χ0n) is 8.66. The summed E-state index contributed by atoms with van der Waals surface area (Å²) in [5.74, 6) is 1.60. The molecule has 14 heavy (non-hydrogen) atoms. The summed E-state index contributed by atoms with van der Waals surface area (Å²) in [6.45, 7) is 3.47. The van der Waals surface area contributed by atoms with Crippen LogP contribution in [0.5, 0.6) is 0 Å². The number of hydrogen-bond donors (Lipinski definition) is 1. The number of rotatable bonds is 1. The molecule has 2 aliphatic rings. The summed E-state index contributed by atoms with van der Waals surface area (Å²) in [6.07, 6.45) is 2.83. The van der Waals surface area contributed by atoms with Gasteiger partial charge in [-0.2, -0.15) is 0 Å². The Labute approximate surface area is 85.5 Å². The molecule has 0 radical (unpaired) electrons. The van der Waals surface area contributed by atoms with Crippen molar-refractivity contribution in [2.75, 3.05) is 6.54 Å². The minimum absolute atomic E-state index is 0.655. The molecule has 1 nitrogen and oxygen atoms in total. The predicted octanol–water partition coefficient (Wildman–Crippen LogP) is 2.84. The van der Waals surface area contributed by atoms with Crippen molar-refractivity contribution in [3.05, 3.63) is 35.4 Å². The highest BCUT2D eigenvalue weighted by Gasteiger charge is 2.35. The Kier molecular flexibility index (Phi) is 1.88. The van der Waals surface area contributed by atoms with Crippen molar-refractivity contribution >= 4 is 0 Å². The van der Waals surface area contributed by atoms with Gasteiger partial charge in [0.1, 0.15) is 0 Å². The second-order valence-electron chi connectivity index (χ2n) is 4.75. The number of nitrogens with one attached hydrogen (secondary N) is 1. The van der Waals surface area contributed by atoms with Gasteiger partial charge in [0.15, 0.2) is 0 Å². The van der Waals surface area contributed by atoms with Crippen LogP contribution in [-0.2, 0) is 0 Å². The Morgan fingerprint density at radius 1 is 1.14 bits per heavy atom. The van der Waals surface area contributed by atoms with Crippen molar-refractivity contribution in [2.45, 2.75) is 31.7 Å². The van der Waals surface area contributed by atoms with Crippen molar-refractivity contribution in [2.24, 2.45) is 5.92 Å². The van der Waals surface area contributed by atoms with E-state index in [0.29, 0.717) is 12.0 Å². The van der Waals surface area contributed by atoms with Gasteiger partial charge in [0.05, 0.1) is 0 Å². The molecule has 0 amide bonds. The van der Waals surface area contributed by atoms with Gasteiger partial charge in [-0.25, -0.2) is 0 Å². The average Bonchev–Trinajstić information content (AvgIpc) is 3.03. The summed E-state index contributed by atoms with van der Waals surface area (Å²) >= 11 is 0. The normalized spacial score (nSPS) is 31.2. The Morgan fingerprint density at radius 3 is 2.57 bits per heavy atom. The first-order valence-corrected chi connectivity index (χ1v) is 5.68. The third-order valence-electron chi connectivity index (χ3n) is 3.60. The van der Waals surface area contributed by atoms with Crippen LogP contribution in [0.4, 0.5) is 0 Å².